The van der Waals surface area contributed by atoms with Gasteiger partial charge in [-0.1, -0.05) is 61.8 Å². The summed E-state index contributed by atoms with van der Waals surface area (Å²) in [4.78, 5) is 25.0. The van der Waals surface area contributed by atoms with E-state index in [1.54, 1.807) is 42.5 Å². The first kappa shape index (κ1) is 19.9. The fourth-order valence-electron chi connectivity index (χ4n) is 3.28. The highest BCUT2D eigenvalue weighted by molar-refractivity contribution is 6.33. The summed E-state index contributed by atoms with van der Waals surface area (Å²) in [5, 5.41) is 4.01. The summed E-state index contributed by atoms with van der Waals surface area (Å²) >= 11 is 6.44. The van der Waals surface area contributed by atoms with E-state index in [4.69, 9.17) is 16.0 Å². The lowest BCUT2D eigenvalue weighted by Gasteiger charge is -2.10. The molecule has 0 aliphatic carbocycles. The zero-order valence-corrected chi connectivity index (χ0v) is 17.4. The number of carbonyl (C=O) groups is 1. The van der Waals surface area contributed by atoms with Crippen LogP contribution in [-0.2, 0) is 0 Å². The number of halogens is 1. The molecule has 0 aliphatic rings. The summed E-state index contributed by atoms with van der Waals surface area (Å²) < 4.78 is 5.40. The molecule has 0 unspecified atom stereocenters. The summed E-state index contributed by atoms with van der Waals surface area (Å²) in [6.07, 6.45) is 0. The van der Waals surface area contributed by atoms with Gasteiger partial charge in [0.05, 0.1) is 10.6 Å². The number of amides is 1. The van der Waals surface area contributed by atoms with Crippen LogP contribution in [0.1, 0.15) is 35.7 Å². The Bertz CT molecular complexity index is 1290. The Balaban J connectivity index is 1.60. The molecule has 5 heteroatoms. The molecule has 0 spiro atoms. The SMILES string of the molecule is CC(C)c1ccc(C(=O)Nc2ccc(-c3cc4ccccc4oc3=O)c(Cl)c2)cc1. The van der Waals surface area contributed by atoms with Gasteiger partial charge in [-0.15, -0.1) is 0 Å². The van der Waals surface area contributed by atoms with Gasteiger partial charge in [0.25, 0.3) is 5.91 Å². The van der Waals surface area contributed by atoms with E-state index in [1.165, 1.54) is 5.56 Å². The van der Waals surface area contributed by atoms with Crippen molar-refractivity contribution in [2.24, 2.45) is 0 Å². The molecule has 0 saturated carbocycles. The molecule has 0 bridgehead atoms. The predicted octanol–water partition coefficient (Wildman–Crippen LogP) is 6.49. The van der Waals surface area contributed by atoms with Gasteiger partial charge in [-0.25, -0.2) is 4.79 Å². The monoisotopic (exact) mass is 417 g/mol. The van der Waals surface area contributed by atoms with Crippen molar-refractivity contribution in [1.82, 2.24) is 0 Å². The van der Waals surface area contributed by atoms with Crippen LogP contribution in [0.2, 0.25) is 5.02 Å². The van der Waals surface area contributed by atoms with E-state index in [1.807, 2.05) is 30.3 Å². The van der Waals surface area contributed by atoms with Crippen molar-refractivity contribution in [2.45, 2.75) is 19.8 Å². The number of rotatable bonds is 4. The van der Waals surface area contributed by atoms with Crippen LogP contribution in [0.15, 0.2) is 82.0 Å². The summed E-state index contributed by atoms with van der Waals surface area (Å²) in [7, 11) is 0. The van der Waals surface area contributed by atoms with Gasteiger partial charge in [-0.05, 0) is 47.9 Å². The van der Waals surface area contributed by atoms with E-state index in [-0.39, 0.29) is 5.91 Å². The van der Waals surface area contributed by atoms with E-state index in [2.05, 4.69) is 19.2 Å². The molecule has 1 N–H and O–H groups in total. The van der Waals surface area contributed by atoms with Gasteiger partial charge in [-0.3, -0.25) is 4.79 Å². The van der Waals surface area contributed by atoms with Crippen LogP contribution in [0.5, 0.6) is 0 Å². The number of para-hydroxylation sites is 1. The van der Waals surface area contributed by atoms with E-state index in [0.717, 1.165) is 5.39 Å². The summed E-state index contributed by atoms with van der Waals surface area (Å²) in [5.41, 5.74) is 3.28. The van der Waals surface area contributed by atoms with Gasteiger partial charge in [-0.2, -0.15) is 0 Å². The molecule has 4 rings (SSSR count). The molecule has 0 atom stereocenters. The molecule has 1 heterocycles. The standard InChI is InChI=1S/C25H20ClNO3/c1-15(2)16-7-9-17(10-8-16)24(28)27-19-11-12-20(22(26)14-19)21-13-18-5-3-4-6-23(18)30-25(21)29/h3-15H,1-2H3,(H,27,28). The lowest BCUT2D eigenvalue weighted by atomic mass is 10.0. The highest BCUT2D eigenvalue weighted by Gasteiger charge is 2.13. The van der Waals surface area contributed by atoms with Crippen LogP contribution in [0, 0.1) is 0 Å². The number of carbonyl (C=O) groups excluding carboxylic acids is 1. The second-order valence-corrected chi connectivity index (χ2v) is 7.82. The lowest BCUT2D eigenvalue weighted by molar-refractivity contribution is 0.102. The molecule has 4 nitrogen and oxygen atoms in total. The van der Waals surface area contributed by atoms with Gasteiger partial charge in [0.2, 0.25) is 0 Å². The normalized spacial score (nSPS) is 11.1. The average Bonchev–Trinajstić information content (AvgIpc) is 2.73. The Kier molecular flexibility index (Phi) is 5.42. The van der Waals surface area contributed by atoms with E-state index >= 15 is 0 Å². The third-order valence-electron chi connectivity index (χ3n) is 5.00. The molecule has 0 saturated heterocycles. The van der Waals surface area contributed by atoms with Crippen LogP contribution in [0.3, 0.4) is 0 Å². The second kappa shape index (κ2) is 8.17. The van der Waals surface area contributed by atoms with Gasteiger partial charge < -0.3 is 9.73 Å². The minimum atomic E-state index is -0.461. The summed E-state index contributed by atoms with van der Waals surface area (Å²) in [5.74, 6) is 0.181. The van der Waals surface area contributed by atoms with Crippen molar-refractivity contribution < 1.29 is 9.21 Å². The zero-order chi connectivity index (χ0) is 21.3. The second-order valence-electron chi connectivity index (χ2n) is 7.41. The van der Waals surface area contributed by atoms with E-state index < -0.39 is 5.63 Å². The largest absolute Gasteiger partial charge is 0.422 e. The quantitative estimate of drug-likeness (QED) is 0.386. The topological polar surface area (TPSA) is 59.3 Å². The minimum absolute atomic E-state index is 0.223. The van der Waals surface area contributed by atoms with Crippen LogP contribution >= 0.6 is 11.6 Å². The predicted molar refractivity (Wildman–Crippen MR) is 121 cm³/mol. The maximum Gasteiger partial charge on any atom is 0.344 e. The van der Waals surface area contributed by atoms with Crippen LogP contribution in [0.25, 0.3) is 22.1 Å². The zero-order valence-electron chi connectivity index (χ0n) is 16.6. The molecular formula is C25H20ClNO3. The van der Waals surface area contributed by atoms with Crippen molar-refractivity contribution in [2.75, 3.05) is 5.32 Å². The van der Waals surface area contributed by atoms with E-state index in [9.17, 15) is 9.59 Å². The van der Waals surface area contributed by atoms with Crippen molar-refractivity contribution in [3.63, 3.8) is 0 Å². The number of benzene rings is 3. The molecule has 30 heavy (non-hydrogen) atoms. The number of nitrogens with one attached hydrogen (secondary N) is 1. The third kappa shape index (κ3) is 4.00. The summed E-state index contributed by atoms with van der Waals surface area (Å²) in [6, 6.07) is 21.6. The number of hydrogen-bond acceptors (Lipinski definition) is 3. The van der Waals surface area contributed by atoms with Crippen LogP contribution < -0.4 is 10.9 Å². The highest BCUT2D eigenvalue weighted by Crippen LogP contribution is 2.30. The Morgan fingerprint density at radius 3 is 2.37 bits per heavy atom. The number of hydrogen-bond donors (Lipinski definition) is 1. The van der Waals surface area contributed by atoms with Crippen molar-refractivity contribution in [3.8, 4) is 11.1 Å². The third-order valence-corrected chi connectivity index (χ3v) is 5.31. The maximum absolute atomic E-state index is 12.5. The highest BCUT2D eigenvalue weighted by atomic mass is 35.5. The van der Waals surface area contributed by atoms with Gasteiger partial charge in [0.1, 0.15) is 5.58 Å². The van der Waals surface area contributed by atoms with Crippen molar-refractivity contribution in [1.29, 1.82) is 0 Å². The maximum atomic E-state index is 12.5. The van der Waals surface area contributed by atoms with Crippen molar-refractivity contribution >= 4 is 34.2 Å². The molecular weight excluding hydrogens is 398 g/mol. The molecule has 1 amide bonds. The molecule has 1 aromatic heterocycles. The Morgan fingerprint density at radius 1 is 0.933 bits per heavy atom. The fraction of sp³-hybridized carbons (Fsp3) is 0.120. The van der Waals surface area contributed by atoms with E-state index in [0.29, 0.717) is 38.9 Å². The smallest absolute Gasteiger partial charge is 0.344 e. The molecule has 0 fully saturated rings. The Labute approximate surface area is 179 Å². The first-order chi connectivity index (χ1) is 14.4. The summed E-state index contributed by atoms with van der Waals surface area (Å²) in [6.45, 7) is 4.21. The molecule has 150 valence electrons. The Morgan fingerprint density at radius 2 is 1.67 bits per heavy atom. The molecule has 0 aliphatic heterocycles. The van der Waals surface area contributed by atoms with Crippen LogP contribution in [0.4, 0.5) is 5.69 Å². The Hall–Kier alpha value is -3.37. The molecule has 0 radical (unpaired) electrons. The van der Waals surface area contributed by atoms with Crippen molar-refractivity contribution in [3.05, 3.63) is 99.4 Å². The average molecular weight is 418 g/mol. The lowest BCUT2D eigenvalue weighted by Crippen LogP contribution is -2.12. The van der Waals surface area contributed by atoms with Crippen LogP contribution in [-0.4, -0.2) is 5.91 Å². The number of anilines is 1. The fourth-order valence-corrected chi connectivity index (χ4v) is 3.57. The molecule has 4 aromatic rings. The van der Waals surface area contributed by atoms with Gasteiger partial charge in [0, 0.05) is 22.2 Å². The minimum Gasteiger partial charge on any atom is -0.422 e. The molecule has 3 aromatic carbocycles. The first-order valence-corrected chi connectivity index (χ1v) is 10.0. The number of fused-ring (bicyclic) bond motifs is 1. The van der Waals surface area contributed by atoms with Gasteiger partial charge >= 0.3 is 5.63 Å². The first-order valence-electron chi connectivity index (χ1n) is 9.66. The van der Waals surface area contributed by atoms with Gasteiger partial charge in [0.15, 0.2) is 0 Å².